The monoisotopic (exact) mass is 362 g/mol. The summed E-state index contributed by atoms with van der Waals surface area (Å²) in [5, 5.41) is 17.6. The number of rotatable bonds is 4. The minimum absolute atomic E-state index is 0.112. The molecule has 0 radical (unpaired) electrons. The molecule has 2 aromatic carbocycles. The summed E-state index contributed by atoms with van der Waals surface area (Å²) in [6.07, 6.45) is 0. The maximum absolute atomic E-state index is 12.6. The van der Waals surface area contributed by atoms with Crippen molar-refractivity contribution in [3.8, 4) is 23.3 Å². The van der Waals surface area contributed by atoms with Gasteiger partial charge in [0.05, 0.1) is 30.1 Å². The van der Waals surface area contributed by atoms with Gasteiger partial charge in [0.25, 0.3) is 0 Å². The number of aryl methyl sites for hydroxylation is 3. The number of carbonyl (C=O) groups is 1. The topological polar surface area (TPSA) is 90.0 Å². The Morgan fingerprint density at radius 2 is 1.85 bits per heavy atom. The first kappa shape index (κ1) is 18.1. The molecule has 0 bridgehead atoms. The Kier molecular flexibility index (Phi) is 4.90. The molecular formula is C20H18N4O3. The molecule has 3 rings (SSSR count). The largest absolute Gasteiger partial charge is 0.493 e. The van der Waals surface area contributed by atoms with Crippen LogP contribution in [0.4, 0.5) is 0 Å². The molecule has 0 N–H and O–H groups in total. The van der Waals surface area contributed by atoms with Gasteiger partial charge in [0.2, 0.25) is 0 Å². The Morgan fingerprint density at radius 1 is 1.07 bits per heavy atom. The lowest BCUT2D eigenvalue weighted by molar-refractivity contribution is 0.0722. The highest BCUT2D eigenvalue weighted by molar-refractivity contribution is 5.90. The Morgan fingerprint density at radius 3 is 2.52 bits per heavy atom. The molecule has 0 unspecified atom stereocenters. The van der Waals surface area contributed by atoms with E-state index in [-0.39, 0.29) is 11.4 Å². The average molecular weight is 362 g/mol. The zero-order valence-corrected chi connectivity index (χ0v) is 15.5. The molecule has 7 nitrogen and oxygen atoms in total. The molecule has 1 aromatic heterocycles. The van der Waals surface area contributed by atoms with Crippen LogP contribution in [0.2, 0.25) is 0 Å². The number of methoxy groups -OCH3 is 1. The first-order chi connectivity index (χ1) is 12.9. The Balaban J connectivity index is 1.90. The van der Waals surface area contributed by atoms with Crippen LogP contribution >= 0.6 is 0 Å². The lowest BCUT2D eigenvalue weighted by Crippen LogP contribution is -2.12. The molecule has 0 amide bonds. The zero-order valence-electron chi connectivity index (χ0n) is 15.5. The van der Waals surface area contributed by atoms with E-state index in [1.165, 1.54) is 24.0 Å². The van der Waals surface area contributed by atoms with Gasteiger partial charge in [-0.2, -0.15) is 15.2 Å². The molecule has 27 heavy (non-hydrogen) atoms. The van der Waals surface area contributed by atoms with Crippen LogP contribution in [0.5, 0.6) is 11.5 Å². The number of nitriles is 1. The third-order valence-corrected chi connectivity index (χ3v) is 4.04. The summed E-state index contributed by atoms with van der Waals surface area (Å²) in [6, 6.07) is 12.5. The molecule has 0 saturated carbocycles. The highest BCUT2D eigenvalue weighted by Gasteiger charge is 2.21. The predicted molar refractivity (Wildman–Crippen MR) is 98.2 cm³/mol. The van der Waals surface area contributed by atoms with Crippen molar-refractivity contribution in [2.24, 2.45) is 0 Å². The van der Waals surface area contributed by atoms with E-state index in [4.69, 9.17) is 14.7 Å². The summed E-state index contributed by atoms with van der Waals surface area (Å²) in [4.78, 5) is 14.0. The number of hydrogen-bond donors (Lipinski definition) is 0. The maximum Gasteiger partial charge on any atom is 0.366 e. The zero-order chi connectivity index (χ0) is 19.6. The molecule has 0 aliphatic carbocycles. The molecule has 3 aromatic rings. The Bertz CT molecular complexity index is 1060. The fourth-order valence-corrected chi connectivity index (χ4v) is 2.67. The standard InChI is InChI=1S/C20H18N4O3/c1-12-5-7-16(13(2)9-12)24-22-14(3)19(23-24)20(25)27-17-8-6-15(11-21)10-18(17)26-4/h5-10H,1-4H3. The Labute approximate surface area is 156 Å². The molecule has 7 heteroatoms. The van der Waals surface area contributed by atoms with Crippen LogP contribution in [-0.2, 0) is 0 Å². The van der Waals surface area contributed by atoms with E-state index < -0.39 is 5.97 Å². The third kappa shape index (κ3) is 3.65. The maximum atomic E-state index is 12.6. The van der Waals surface area contributed by atoms with Crippen molar-refractivity contribution in [1.29, 1.82) is 5.26 Å². The van der Waals surface area contributed by atoms with Crippen molar-refractivity contribution >= 4 is 5.97 Å². The van der Waals surface area contributed by atoms with Crippen molar-refractivity contribution < 1.29 is 14.3 Å². The predicted octanol–water partition coefficient (Wildman–Crippen LogP) is 3.29. The minimum atomic E-state index is -0.647. The van der Waals surface area contributed by atoms with Gasteiger partial charge in [-0.15, -0.1) is 5.10 Å². The average Bonchev–Trinajstić information content (AvgIpc) is 3.03. The van der Waals surface area contributed by atoms with Crippen LogP contribution in [0.15, 0.2) is 36.4 Å². The molecule has 136 valence electrons. The highest BCUT2D eigenvalue weighted by atomic mass is 16.6. The van der Waals surface area contributed by atoms with Crippen LogP contribution < -0.4 is 9.47 Å². The number of aromatic nitrogens is 3. The summed E-state index contributed by atoms with van der Waals surface area (Å²) >= 11 is 0. The van der Waals surface area contributed by atoms with Gasteiger partial charge in [-0.05, 0) is 44.5 Å². The van der Waals surface area contributed by atoms with Crippen molar-refractivity contribution in [3.63, 3.8) is 0 Å². The summed E-state index contributed by atoms with van der Waals surface area (Å²) in [5.41, 5.74) is 3.89. The first-order valence-electron chi connectivity index (χ1n) is 8.25. The highest BCUT2D eigenvalue weighted by Crippen LogP contribution is 2.28. The van der Waals surface area contributed by atoms with E-state index in [1.54, 1.807) is 13.0 Å². The lowest BCUT2D eigenvalue weighted by Gasteiger charge is -2.08. The number of hydrogen-bond acceptors (Lipinski definition) is 6. The molecule has 0 fully saturated rings. The van der Waals surface area contributed by atoms with Crippen LogP contribution in [0.1, 0.15) is 32.9 Å². The van der Waals surface area contributed by atoms with Crippen LogP contribution in [0.25, 0.3) is 5.69 Å². The third-order valence-electron chi connectivity index (χ3n) is 4.04. The lowest BCUT2D eigenvalue weighted by atomic mass is 10.1. The number of carbonyl (C=O) groups excluding carboxylic acids is 1. The van der Waals surface area contributed by atoms with E-state index in [1.807, 2.05) is 38.1 Å². The van der Waals surface area contributed by atoms with Crippen molar-refractivity contribution in [2.75, 3.05) is 7.11 Å². The second-order valence-electron chi connectivity index (χ2n) is 6.08. The molecule has 0 spiro atoms. The number of nitrogens with zero attached hydrogens (tertiary/aromatic N) is 4. The van der Waals surface area contributed by atoms with Gasteiger partial charge < -0.3 is 9.47 Å². The minimum Gasteiger partial charge on any atom is -0.493 e. The molecular weight excluding hydrogens is 344 g/mol. The second-order valence-corrected chi connectivity index (χ2v) is 6.08. The molecule has 0 aliphatic heterocycles. The van der Waals surface area contributed by atoms with Gasteiger partial charge in [0.1, 0.15) is 0 Å². The summed E-state index contributed by atoms with van der Waals surface area (Å²) in [7, 11) is 1.44. The fraction of sp³-hybridized carbons (Fsp3) is 0.200. The molecule has 0 atom stereocenters. The van der Waals surface area contributed by atoms with E-state index in [0.29, 0.717) is 17.0 Å². The first-order valence-corrected chi connectivity index (χ1v) is 8.25. The van der Waals surface area contributed by atoms with Gasteiger partial charge >= 0.3 is 5.97 Å². The quantitative estimate of drug-likeness (QED) is 0.522. The van der Waals surface area contributed by atoms with Gasteiger partial charge in [0, 0.05) is 6.07 Å². The number of ether oxygens (including phenoxy) is 2. The van der Waals surface area contributed by atoms with Crippen molar-refractivity contribution in [2.45, 2.75) is 20.8 Å². The molecule has 1 heterocycles. The molecule has 0 aliphatic rings. The van der Waals surface area contributed by atoms with Crippen LogP contribution in [0, 0.1) is 32.1 Å². The normalized spacial score (nSPS) is 10.3. The molecule has 0 saturated heterocycles. The summed E-state index contributed by atoms with van der Waals surface area (Å²) < 4.78 is 10.6. The van der Waals surface area contributed by atoms with Gasteiger partial charge in [-0.25, -0.2) is 4.79 Å². The van der Waals surface area contributed by atoms with Crippen molar-refractivity contribution in [1.82, 2.24) is 15.0 Å². The van der Waals surface area contributed by atoms with Gasteiger partial charge in [-0.1, -0.05) is 17.7 Å². The van der Waals surface area contributed by atoms with Crippen LogP contribution in [0.3, 0.4) is 0 Å². The number of benzene rings is 2. The summed E-state index contributed by atoms with van der Waals surface area (Å²) in [6.45, 7) is 5.66. The second kappa shape index (κ2) is 7.30. The fourth-order valence-electron chi connectivity index (χ4n) is 2.67. The van der Waals surface area contributed by atoms with E-state index >= 15 is 0 Å². The van der Waals surface area contributed by atoms with Gasteiger partial charge in [-0.3, -0.25) is 0 Å². The number of esters is 1. The smallest absolute Gasteiger partial charge is 0.366 e. The SMILES string of the molecule is COc1cc(C#N)ccc1OC(=O)c1nn(-c2ccc(C)cc2C)nc1C. The van der Waals surface area contributed by atoms with E-state index in [0.717, 1.165) is 16.8 Å². The van der Waals surface area contributed by atoms with Crippen molar-refractivity contribution in [3.05, 3.63) is 64.5 Å². The van der Waals surface area contributed by atoms with E-state index in [9.17, 15) is 4.79 Å². The Hall–Kier alpha value is -3.66. The van der Waals surface area contributed by atoms with Gasteiger partial charge in [0.15, 0.2) is 17.2 Å². The van der Waals surface area contributed by atoms with E-state index in [2.05, 4.69) is 10.2 Å². The summed E-state index contributed by atoms with van der Waals surface area (Å²) in [5.74, 6) is -0.143. The van der Waals surface area contributed by atoms with Crippen LogP contribution in [-0.4, -0.2) is 28.1 Å².